The largest absolute Gasteiger partial charge is 0.434 e. The first-order valence-corrected chi connectivity index (χ1v) is 6.14. The van der Waals surface area contributed by atoms with E-state index in [4.69, 9.17) is 22.1 Å². The number of benzene rings is 1. The normalized spacial score (nSPS) is 10.3. The molecule has 1 aromatic carbocycles. The van der Waals surface area contributed by atoms with E-state index >= 15 is 0 Å². The molecule has 1 amide bonds. The van der Waals surface area contributed by atoms with E-state index in [9.17, 15) is 9.18 Å². The molecule has 4 nitrogen and oxygen atoms in total. The highest BCUT2D eigenvalue weighted by atomic mass is 35.5. The molecule has 0 bridgehead atoms. The van der Waals surface area contributed by atoms with Crippen molar-refractivity contribution in [1.29, 1.82) is 0 Å². The van der Waals surface area contributed by atoms with Crippen LogP contribution in [0.15, 0.2) is 36.5 Å². The second-order valence-corrected chi connectivity index (χ2v) is 4.33. The van der Waals surface area contributed by atoms with Gasteiger partial charge in [0.2, 0.25) is 11.8 Å². The summed E-state index contributed by atoms with van der Waals surface area (Å²) in [6.45, 7) is 0. The molecule has 103 valence electrons. The fourth-order valence-corrected chi connectivity index (χ4v) is 1.71. The predicted molar refractivity (Wildman–Crippen MR) is 72.9 cm³/mol. The molecule has 0 unspecified atom stereocenters. The Morgan fingerprint density at radius 3 is 2.85 bits per heavy atom. The standard InChI is InChI=1S/C14H11ClFN2O2/c15-10-6-4-9(5-7-11(17)19)13(16)14(10)20-12-3-1-2-8-18-12/h1-6,8H,7H2,(H2,17,19). The van der Waals surface area contributed by atoms with Gasteiger partial charge in [0.1, 0.15) is 0 Å². The molecule has 0 spiro atoms. The van der Waals surface area contributed by atoms with Crippen LogP contribution in [0.2, 0.25) is 5.02 Å². The smallest absolute Gasteiger partial charge is 0.219 e. The second-order valence-electron chi connectivity index (χ2n) is 3.92. The van der Waals surface area contributed by atoms with Crippen LogP contribution in [-0.4, -0.2) is 10.9 Å². The quantitative estimate of drug-likeness (QED) is 0.921. The van der Waals surface area contributed by atoms with Crippen LogP contribution in [0.1, 0.15) is 12.0 Å². The second kappa shape index (κ2) is 6.34. The number of ether oxygens (including phenoxy) is 1. The third-order valence-corrected chi connectivity index (χ3v) is 2.74. The van der Waals surface area contributed by atoms with Crippen molar-refractivity contribution in [3.05, 3.63) is 59.4 Å². The summed E-state index contributed by atoms with van der Waals surface area (Å²) in [4.78, 5) is 14.7. The molecule has 2 rings (SSSR count). The minimum absolute atomic E-state index is 0.0679. The molecular weight excluding hydrogens is 283 g/mol. The Kier molecular flexibility index (Phi) is 4.53. The monoisotopic (exact) mass is 293 g/mol. The molecule has 0 fully saturated rings. The zero-order valence-corrected chi connectivity index (χ0v) is 11.1. The van der Waals surface area contributed by atoms with E-state index in [1.807, 2.05) is 0 Å². The van der Waals surface area contributed by atoms with Gasteiger partial charge in [0.15, 0.2) is 11.6 Å². The lowest BCUT2D eigenvalue weighted by Gasteiger charge is -2.10. The van der Waals surface area contributed by atoms with Gasteiger partial charge in [-0.2, -0.15) is 0 Å². The van der Waals surface area contributed by atoms with Crippen molar-refractivity contribution in [3.8, 4) is 11.6 Å². The van der Waals surface area contributed by atoms with E-state index in [1.165, 1.54) is 24.8 Å². The number of aromatic nitrogens is 1. The summed E-state index contributed by atoms with van der Waals surface area (Å²) in [6.07, 6.45) is 2.82. The fourth-order valence-electron chi connectivity index (χ4n) is 1.52. The van der Waals surface area contributed by atoms with E-state index in [1.54, 1.807) is 18.2 Å². The number of carbonyl (C=O) groups is 1. The molecule has 1 aromatic heterocycles. The number of amides is 1. The lowest BCUT2D eigenvalue weighted by Crippen LogP contribution is -2.10. The van der Waals surface area contributed by atoms with E-state index in [-0.39, 0.29) is 28.6 Å². The highest BCUT2D eigenvalue weighted by Crippen LogP contribution is 2.33. The Morgan fingerprint density at radius 2 is 2.20 bits per heavy atom. The molecule has 1 radical (unpaired) electrons. The molecule has 0 aliphatic carbocycles. The maximum absolute atomic E-state index is 14.2. The molecule has 2 N–H and O–H groups in total. The van der Waals surface area contributed by atoms with Gasteiger partial charge in [-0.25, -0.2) is 9.37 Å². The Bertz CT molecular complexity index is 620. The van der Waals surface area contributed by atoms with E-state index in [0.29, 0.717) is 0 Å². The van der Waals surface area contributed by atoms with Gasteiger partial charge in [-0.05, 0) is 17.7 Å². The maximum Gasteiger partial charge on any atom is 0.219 e. The minimum Gasteiger partial charge on any atom is -0.434 e. The van der Waals surface area contributed by atoms with Crippen LogP contribution in [0.5, 0.6) is 11.6 Å². The van der Waals surface area contributed by atoms with Gasteiger partial charge in [0.05, 0.1) is 5.02 Å². The van der Waals surface area contributed by atoms with Crippen LogP contribution in [0.25, 0.3) is 0 Å². The first kappa shape index (κ1) is 14.3. The zero-order valence-electron chi connectivity index (χ0n) is 10.3. The molecule has 0 atom stereocenters. The molecular formula is C14H11ClFN2O2. The van der Waals surface area contributed by atoms with Crippen molar-refractivity contribution in [3.63, 3.8) is 0 Å². The molecule has 6 heteroatoms. The minimum atomic E-state index is -0.663. The summed E-state index contributed by atoms with van der Waals surface area (Å²) >= 11 is 5.92. The van der Waals surface area contributed by atoms with Gasteiger partial charge >= 0.3 is 0 Å². The number of primary amides is 1. The van der Waals surface area contributed by atoms with Crippen molar-refractivity contribution in [2.75, 3.05) is 0 Å². The molecule has 0 aliphatic heterocycles. The first-order valence-electron chi connectivity index (χ1n) is 5.76. The Hall–Kier alpha value is -2.14. The van der Waals surface area contributed by atoms with Gasteiger partial charge in [-0.3, -0.25) is 4.79 Å². The summed E-state index contributed by atoms with van der Waals surface area (Å²) in [7, 11) is 0. The average molecular weight is 294 g/mol. The highest BCUT2D eigenvalue weighted by molar-refractivity contribution is 6.32. The van der Waals surface area contributed by atoms with Crippen LogP contribution < -0.4 is 10.5 Å². The van der Waals surface area contributed by atoms with Gasteiger partial charge in [-0.15, -0.1) is 0 Å². The van der Waals surface area contributed by atoms with Gasteiger partial charge < -0.3 is 10.5 Å². The summed E-state index contributed by atoms with van der Waals surface area (Å²) in [5.74, 6) is -1.13. The summed E-state index contributed by atoms with van der Waals surface area (Å²) in [5, 5.41) is 0.115. The lowest BCUT2D eigenvalue weighted by atomic mass is 10.1. The number of nitrogens with two attached hydrogens (primary N) is 1. The number of hydrogen-bond acceptors (Lipinski definition) is 3. The van der Waals surface area contributed by atoms with Crippen LogP contribution >= 0.6 is 11.6 Å². The Balaban J connectivity index is 2.27. The molecule has 1 heterocycles. The average Bonchev–Trinajstić information content (AvgIpc) is 2.43. The number of hydrogen-bond donors (Lipinski definition) is 1. The van der Waals surface area contributed by atoms with Gasteiger partial charge in [0.25, 0.3) is 0 Å². The van der Waals surface area contributed by atoms with Gasteiger partial charge in [0, 0.05) is 25.1 Å². The van der Waals surface area contributed by atoms with Crippen molar-refractivity contribution in [2.45, 2.75) is 6.42 Å². The highest BCUT2D eigenvalue weighted by Gasteiger charge is 2.15. The molecule has 2 aromatic rings. The Labute approximate surface area is 120 Å². The molecule has 20 heavy (non-hydrogen) atoms. The SMILES string of the molecule is NC(=O)C[CH]c1ccc(Cl)c(Oc2ccccn2)c1F. The summed E-state index contributed by atoms with van der Waals surface area (Å²) < 4.78 is 19.6. The number of carbonyl (C=O) groups excluding carboxylic acids is 1. The van der Waals surface area contributed by atoms with Crippen molar-refractivity contribution >= 4 is 17.5 Å². The van der Waals surface area contributed by atoms with E-state index < -0.39 is 11.7 Å². The molecule has 0 aliphatic rings. The summed E-state index contributed by atoms with van der Waals surface area (Å²) in [6, 6.07) is 7.93. The Morgan fingerprint density at radius 1 is 1.40 bits per heavy atom. The van der Waals surface area contributed by atoms with Crippen LogP contribution in [-0.2, 0) is 4.79 Å². The number of nitrogens with zero attached hydrogens (tertiary/aromatic N) is 1. The van der Waals surface area contributed by atoms with E-state index in [0.717, 1.165) is 0 Å². The van der Waals surface area contributed by atoms with Crippen LogP contribution in [0, 0.1) is 12.2 Å². The van der Waals surface area contributed by atoms with Crippen molar-refractivity contribution < 1.29 is 13.9 Å². The fraction of sp³-hybridized carbons (Fsp3) is 0.0714. The third-order valence-electron chi connectivity index (χ3n) is 2.45. The number of halogens is 2. The van der Waals surface area contributed by atoms with Crippen LogP contribution in [0.4, 0.5) is 4.39 Å². The van der Waals surface area contributed by atoms with Crippen molar-refractivity contribution in [2.24, 2.45) is 5.73 Å². The first-order chi connectivity index (χ1) is 9.58. The molecule has 0 saturated carbocycles. The number of rotatable bonds is 5. The topological polar surface area (TPSA) is 65.2 Å². The van der Waals surface area contributed by atoms with Gasteiger partial charge in [-0.1, -0.05) is 23.7 Å². The van der Waals surface area contributed by atoms with E-state index in [2.05, 4.69) is 4.98 Å². The van der Waals surface area contributed by atoms with Crippen molar-refractivity contribution in [1.82, 2.24) is 4.98 Å². The zero-order chi connectivity index (χ0) is 14.5. The lowest BCUT2D eigenvalue weighted by molar-refractivity contribution is -0.117. The number of pyridine rings is 1. The predicted octanol–water partition coefficient (Wildman–Crippen LogP) is 3.09. The maximum atomic E-state index is 14.2. The van der Waals surface area contributed by atoms with Crippen LogP contribution in [0.3, 0.4) is 0 Å². The third kappa shape index (κ3) is 3.45. The summed E-state index contributed by atoms with van der Waals surface area (Å²) in [5.41, 5.74) is 5.22. The molecule has 0 saturated heterocycles.